The number of halogens is 1. The summed E-state index contributed by atoms with van der Waals surface area (Å²) >= 11 is 6.28. The smallest absolute Gasteiger partial charge is 0.176 e. The molecule has 5 nitrogen and oxygen atoms in total. The first-order valence-electron chi connectivity index (χ1n) is 7.79. The van der Waals surface area contributed by atoms with E-state index in [0.29, 0.717) is 24.5 Å². The average Bonchev–Trinajstić information content (AvgIpc) is 2.98. The summed E-state index contributed by atoms with van der Waals surface area (Å²) in [6.45, 7) is 7.53. The normalized spacial score (nSPS) is 12.5. The fraction of sp³-hybridized carbons (Fsp3) is 0.353. The van der Waals surface area contributed by atoms with E-state index in [1.807, 2.05) is 35.8 Å². The number of aromatic nitrogens is 4. The van der Waals surface area contributed by atoms with Crippen molar-refractivity contribution in [2.24, 2.45) is 4.99 Å². The maximum Gasteiger partial charge on any atom is 0.176 e. The Kier molecular flexibility index (Phi) is 4.48. The molecule has 0 aliphatic carbocycles. The standard InChI is InChI=1S/C17H20ClN5/c1-4-19-16-14-17(22-15(21-14)11(2)3)23(10-20-16)9-12-7-5-6-8-13(12)18/h5-8,10-11H,4,9H2,1-3H3,(H,21,22). The zero-order valence-electron chi connectivity index (χ0n) is 13.5. The van der Waals surface area contributed by atoms with Gasteiger partial charge in [0.05, 0.1) is 12.9 Å². The topological polar surface area (TPSA) is 58.9 Å². The van der Waals surface area contributed by atoms with E-state index in [-0.39, 0.29) is 0 Å². The van der Waals surface area contributed by atoms with Gasteiger partial charge in [0.2, 0.25) is 0 Å². The largest absolute Gasteiger partial charge is 0.337 e. The molecule has 0 bridgehead atoms. The van der Waals surface area contributed by atoms with E-state index in [0.717, 1.165) is 27.6 Å². The van der Waals surface area contributed by atoms with E-state index in [2.05, 4.69) is 28.8 Å². The summed E-state index contributed by atoms with van der Waals surface area (Å²) in [6.07, 6.45) is 1.78. The number of nitrogens with one attached hydrogen (secondary N) is 1. The van der Waals surface area contributed by atoms with Crippen molar-refractivity contribution in [3.05, 3.63) is 52.5 Å². The number of rotatable bonds is 4. The number of aromatic amines is 1. The lowest BCUT2D eigenvalue weighted by molar-refractivity contribution is 0.771. The van der Waals surface area contributed by atoms with Crippen LogP contribution in [0.25, 0.3) is 11.2 Å². The van der Waals surface area contributed by atoms with E-state index < -0.39 is 0 Å². The Morgan fingerprint density at radius 2 is 2.09 bits per heavy atom. The second kappa shape index (κ2) is 6.54. The van der Waals surface area contributed by atoms with Crippen LogP contribution in [-0.2, 0) is 6.54 Å². The van der Waals surface area contributed by atoms with E-state index >= 15 is 0 Å². The van der Waals surface area contributed by atoms with Crippen LogP contribution in [0, 0.1) is 0 Å². The molecular formula is C17H20ClN5. The maximum absolute atomic E-state index is 6.28. The molecular weight excluding hydrogens is 310 g/mol. The van der Waals surface area contributed by atoms with Gasteiger partial charge in [-0.1, -0.05) is 43.6 Å². The van der Waals surface area contributed by atoms with Crippen molar-refractivity contribution in [1.82, 2.24) is 19.5 Å². The fourth-order valence-electron chi connectivity index (χ4n) is 2.46. The van der Waals surface area contributed by atoms with Crippen LogP contribution in [0.2, 0.25) is 5.02 Å². The molecule has 0 radical (unpaired) electrons. The molecule has 0 saturated carbocycles. The molecule has 120 valence electrons. The Labute approximate surface area is 140 Å². The Morgan fingerprint density at radius 1 is 1.30 bits per heavy atom. The minimum Gasteiger partial charge on any atom is -0.337 e. The summed E-state index contributed by atoms with van der Waals surface area (Å²) in [4.78, 5) is 17.0. The van der Waals surface area contributed by atoms with Gasteiger partial charge in [0.15, 0.2) is 11.1 Å². The van der Waals surface area contributed by atoms with Crippen LogP contribution >= 0.6 is 11.6 Å². The van der Waals surface area contributed by atoms with Crippen LogP contribution in [0.15, 0.2) is 35.6 Å². The van der Waals surface area contributed by atoms with Crippen molar-refractivity contribution >= 4 is 22.8 Å². The second-order valence-electron chi connectivity index (χ2n) is 5.74. The Balaban J connectivity index is 2.16. The molecule has 0 unspecified atom stereocenters. The van der Waals surface area contributed by atoms with Gasteiger partial charge >= 0.3 is 0 Å². The summed E-state index contributed by atoms with van der Waals surface area (Å²) in [5.41, 5.74) is 3.48. The molecule has 3 rings (SSSR count). The van der Waals surface area contributed by atoms with Crippen molar-refractivity contribution < 1.29 is 0 Å². The molecule has 2 aromatic heterocycles. The molecule has 6 heteroatoms. The third-order valence-corrected chi connectivity index (χ3v) is 4.04. The molecule has 0 saturated heterocycles. The van der Waals surface area contributed by atoms with Crippen molar-refractivity contribution in [2.45, 2.75) is 33.2 Å². The average molecular weight is 330 g/mol. The lowest BCUT2D eigenvalue weighted by atomic mass is 10.2. The van der Waals surface area contributed by atoms with Gasteiger partial charge in [-0.15, -0.1) is 0 Å². The van der Waals surface area contributed by atoms with Gasteiger partial charge in [0.1, 0.15) is 11.3 Å². The first kappa shape index (κ1) is 15.7. The molecule has 23 heavy (non-hydrogen) atoms. The van der Waals surface area contributed by atoms with E-state index in [1.165, 1.54) is 0 Å². The minimum absolute atomic E-state index is 0.311. The number of benzene rings is 1. The van der Waals surface area contributed by atoms with E-state index in [4.69, 9.17) is 16.6 Å². The highest BCUT2D eigenvalue weighted by Crippen LogP contribution is 2.19. The Morgan fingerprint density at radius 3 is 2.78 bits per heavy atom. The summed E-state index contributed by atoms with van der Waals surface area (Å²) in [5, 5.41) is 0.745. The number of hydrogen-bond acceptors (Lipinski definition) is 3. The van der Waals surface area contributed by atoms with Crippen LogP contribution in [0.4, 0.5) is 0 Å². The van der Waals surface area contributed by atoms with Crippen LogP contribution in [0.3, 0.4) is 0 Å². The van der Waals surface area contributed by atoms with Gasteiger partial charge in [-0.3, -0.25) is 4.99 Å². The lowest BCUT2D eigenvalue weighted by Gasteiger charge is -2.08. The van der Waals surface area contributed by atoms with Crippen molar-refractivity contribution in [3.8, 4) is 0 Å². The van der Waals surface area contributed by atoms with Gasteiger partial charge in [0.25, 0.3) is 0 Å². The first-order valence-corrected chi connectivity index (χ1v) is 8.17. The molecule has 0 aliphatic heterocycles. The number of H-pyrrole nitrogens is 1. The summed E-state index contributed by atoms with van der Waals surface area (Å²) in [6, 6.07) is 7.82. The molecule has 0 amide bonds. The number of nitrogens with zero attached hydrogens (tertiary/aromatic N) is 4. The molecule has 0 aliphatic rings. The van der Waals surface area contributed by atoms with Gasteiger partial charge in [0, 0.05) is 17.5 Å². The monoisotopic (exact) mass is 329 g/mol. The molecule has 1 aromatic carbocycles. The van der Waals surface area contributed by atoms with Gasteiger partial charge < -0.3 is 9.55 Å². The Hall–Kier alpha value is -2.14. The third kappa shape index (κ3) is 3.15. The van der Waals surface area contributed by atoms with E-state index in [1.54, 1.807) is 6.33 Å². The SMILES string of the molecule is CCN=c1ncn(Cc2ccccc2Cl)c2nc(C(C)C)[nH]c12. The summed E-state index contributed by atoms with van der Waals surface area (Å²) < 4.78 is 2.01. The zero-order valence-corrected chi connectivity index (χ0v) is 14.3. The van der Waals surface area contributed by atoms with Gasteiger partial charge in [-0.2, -0.15) is 0 Å². The number of hydrogen-bond donors (Lipinski definition) is 1. The van der Waals surface area contributed by atoms with Crippen LogP contribution < -0.4 is 5.49 Å². The third-order valence-electron chi connectivity index (χ3n) is 3.67. The molecule has 0 fully saturated rings. The minimum atomic E-state index is 0.311. The quantitative estimate of drug-likeness (QED) is 0.796. The van der Waals surface area contributed by atoms with Crippen molar-refractivity contribution in [3.63, 3.8) is 0 Å². The van der Waals surface area contributed by atoms with Gasteiger partial charge in [-0.05, 0) is 18.6 Å². The molecule has 0 spiro atoms. The summed E-state index contributed by atoms with van der Waals surface area (Å²) in [5.74, 6) is 1.25. The molecule has 0 atom stereocenters. The summed E-state index contributed by atoms with van der Waals surface area (Å²) in [7, 11) is 0. The first-order chi connectivity index (χ1) is 11.1. The second-order valence-corrected chi connectivity index (χ2v) is 6.14. The predicted molar refractivity (Wildman–Crippen MR) is 92.6 cm³/mol. The van der Waals surface area contributed by atoms with Crippen molar-refractivity contribution in [1.29, 1.82) is 0 Å². The highest BCUT2D eigenvalue weighted by atomic mass is 35.5. The van der Waals surface area contributed by atoms with Crippen LogP contribution in [0.1, 0.15) is 38.1 Å². The highest BCUT2D eigenvalue weighted by molar-refractivity contribution is 6.31. The predicted octanol–water partition coefficient (Wildman–Crippen LogP) is 3.51. The fourth-order valence-corrected chi connectivity index (χ4v) is 2.65. The Bertz CT molecular complexity index is 891. The lowest BCUT2D eigenvalue weighted by Crippen LogP contribution is -2.15. The van der Waals surface area contributed by atoms with Gasteiger partial charge in [-0.25, -0.2) is 9.97 Å². The molecule has 3 aromatic rings. The van der Waals surface area contributed by atoms with Crippen molar-refractivity contribution in [2.75, 3.05) is 6.54 Å². The van der Waals surface area contributed by atoms with E-state index in [9.17, 15) is 0 Å². The number of imidazole rings is 1. The molecule has 2 heterocycles. The van der Waals surface area contributed by atoms with Crippen LogP contribution in [-0.4, -0.2) is 26.1 Å². The molecule has 1 N–H and O–H groups in total. The van der Waals surface area contributed by atoms with Crippen LogP contribution in [0.5, 0.6) is 0 Å². The highest BCUT2D eigenvalue weighted by Gasteiger charge is 2.12. The maximum atomic E-state index is 6.28. The zero-order chi connectivity index (χ0) is 16.4. The number of fused-ring (bicyclic) bond motifs is 1.